The average molecular weight is 312 g/mol. The molecule has 1 aliphatic rings. The normalized spacial score (nSPS) is 13.4. The lowest BCUT2D eigenvalue weighted by molar-refractivity contribution is 0.583. The van der Waals surface area contributed by atoms with Crippen LogP contribution in [0.1, 0.15) is 37.8 Å². The molecule has 0 unspecified atom stereocenters. The highest BCUT2D eigenvalue weighted by atomic mass is 14.2. The highest BCUT2D eigenvalue weighted by molar-refractivity contribution is 5.88. The van der Waals surface area contributed by atoms with E-state index in [1.165, 1.54) is 45.9 Å². The quantitative estimate of drug-likeness (QED) is 0.492. The molecular formula is C24H24. The number of hydrogen-bond donors (Lipinski definition) is 0. The summed E-state index contributed by atoms with van der Waals surface area (Å²) >= 11 is 0. The van der Waals surface area contributed by atoms with Gasteiger partial charge in [0, 0.05) is 0 Å². The van der Waals surface area contributed by atoms with Crippen LogP contribution in [0.25, 0.3) is 28.0 Å². The monoisotopic (exact) mass is 312 g/mol. The van der Waals surface area contributed by atoms with Gasteiger partial charge in [0.05, 0.1) is 0 Å². The summed E-state index contributed by atoms with van der Waals surface area (Å²) in [5.74, 6) is 0.773. The van der Waals surface area contributed by atoms with Gasteiger partial charge in [0.2, 0.25) is 0 Å². The molecule has 4 rings (SSSR count). The third-order valence-corrected chi connectivity index (χ3v) is 5.08. The van der Waals surface area contributed by atoms with Crippen molar-refractivity contribution in [3.05, 3.63) is 77.4 Å². The van der Waals surface area contributed by atoms with E-state index in [0.717, 1.165) is 12.3 Å². The van der Waals surface area contributed by atoms with E-state index < -0.39 is 0 Å². The van der Waals surface area contributed by atoms with E-state index in [9.17, 15) is 0 Å². The Hall–Kier alpha value is -2.34. The predicted octanol–water partition coefficient (Wildman–Crippen LogP) is 6.88. The molecular weight excluding hydrogens is 288 g/mol. The lowest BCUT2D eigenvalue weighted by atomic mass is 9.93. The maximum absolute atomic E-state index is 2.42. The van der Waals surface area contributed by atoms with E-state index in [-0.39, 0.29) is 0 Å². The summed E-state index contributed by atoms with van der Waals surface area (Å²) in [5, 5.41) is 2.63. The first-order valence-corrected chi connectivity index (χ1v) is 9.01. The molecule has 0 aliphatic heterocycles. The summed E-state index contributed by atoms with van der Waals surface area (Å²) < 4.78 is 0. The highest BCUT2D eigenvalue weighted by Crippen LogP contribution is 2.36. The fourth-order valence-corrected chi connectivity index (χ4v) is 3.70. The molecule has 0 saturated heterocycles. The van der Waals surface area contributed by atoms with Crippen LogP contribution >= 0.6 is 0 Å². The summed E-state index contributed by atoms with van der Waals surface area (Å²) in [6.07, 6.45) is 6.04. The highest BCUT2D eigenvalue weighted by Gasteiger charge is 2.17. The number of allylic oxidation sites excluding steroid dienone is 1. The van der Waals surface area contributed by atoms with Crippen LogP contribution in [0.5, 0.6) is 0 Å². The molecule has 0 heterocycles. The molecule has 0 heteroatoms. The Kier molecular flexibility index (Phi) is 3.98. The van der Waals surface area contributed by atoms with E-state index in [1.807, 2.05) is 0 Å². The zero-order chi connectivity index (χ0) is 16.5. The first-order chi connectivity index (χ1) is 11.7. The second-order valence-electron chi connectivity index (χ2n) is 7.35. The number of benzene rings is 3. The molecule has 0 spiro atoms. The van der Waals surface area contributed by atoms with Crippen LogP contribution in [0.3, 0.4) is 0 Å². The molecule has 120 valence electrons. The third kappa shape index (κ3) is 2.89. The Morgan fingerprint density at radius 3 is 2.54 bits per heavy atom. The van der Waals surface area contributed by atoms with Crippen LogP contribution in [-0.2, 0) is 6.42 Å². The van der Waals surface area contributed by atoms with E-state index >= 15 is 0 Å². The van der Waals surface area contributed by atoms with E-state index in [1.54, 1.807) is 5.57 Å². The molecule has 3 aromatic rings. The van der Waals surface area contributed by atoms with Gasteiger partial charge in [0.25, 0.3) is 0 Å². The maximum atomic E-state index is 2.42. The fraction of sp³-hybridized carbons (Fsp3) is 0.250. The van der Waals surface area contributed by atoms with Crippen LogP contribution in [0.2, 0.25) is 0 Å². The van der Waals surface area contributed by atoms with Gasteiger partial charge in [-0.3, -0.25) is 0 Å². The Balaban J connectivity index is 1.69. The van der Waals surface area contributed by atoms with E-state index in [4.69, 9.17) is 0 Å². The van der Waals surface area contributed by atoms with Gasteiger partial charge in [0.1, 0.15) is 0 Å². The first-order valence-electron chi connectivity index (χ1n) is 9.01. The Labute approximate surface area is 144 Å². The van der Waals surface area contributed by atoms with Gasteiger partial charge in [-0.05, 0) is 64.3 Å². The van der Waals surface area contributed by atoms with Gasteiger partial charge in [-0.15, -0.1) is 0 Å². The molecule has 0 nitrogen and oxygen atoms in total. The molecule has 0 fully saturated rings. The average Bonchev–Trinajstić information content (AvgIpc) is 3.02. The largest absolute Gasteiger partial charge is 0.0652 e. The van der Waals surface area contributed by atoms with Crippen molar-refractivity contribution in [3.63, 3.8) is 0 Å². The van der Waals surface area contributed by atoms with Gasteiger partial charge < -0.3 is 0 Å². The minimum atomic E-state index is 0.773. The van der Waals surface area contributed by atoms with Crippen molar-refractivity contribution in [1.29, 1.82) is 0 Å². The zero-order valence-electron chi connectivity index (χ0n) is 14.5. The van der Waals surface area contributed by atoms with Crippen molar-refractivity contribution < 1.29 is 0 Å². The molecule has 0 amide bonds. The van der Waals surface area contributed by atoms with Crippen LogP contribution in [0.15, 0.2) is 66.2 Å². The van der Waals surface area contributed by atoms with E-state index in [0.29, 0.717) is 0 Å². The van der Waals surface area contributed by atoms with Crippen LogP contribution in [0.4, 0.5) is 0 Å². The van der Waals surface area contributed by atoms with Gasteiger partial charge >= 0.3 is 0 Å². The van der Waals surface area contributed by atoms with E-state index in [2.05, 4.69) is 80.6 Å². The molecule has 3 aromatic carbocycles. The van der Waals surface area contributed by atoms with Crippen molar-refractivity contribution in [2.24, 2.45) is 5.92 Å². The zero-order valence-corrected chi connectivity index (χ0v) is 14.5. The molecule has 0 aromatic heterocycles. The standard InChI is InChI=1S/C24H24/c1-17(2)10-11-18-14-21-8-5-9-23(24(21)15-18)22-13-12-19-6-3-4-7-20(19)16-22/h3-9,12-14,16-17H,10-11,15H2,1-2H3. The molecule has 24 heavy (non-hydrogen) atoms. The minimum Gasteiger partial charge on any atom is -0.0652 e. The van der Waals surface area contributed by atoms with Crippen LogP contribution in [-0.4, -0.2) is 0 Å². The Morgan fingerprint density at radius 1 is 0.875 bits per heavy atom. The van der Waals surface area contributed by atoms with Gasteiger partial charge in [-0.1, -0.05) is 80.1 Å². The first kappa shape index (κ1) is 15.2. The van der Waals surface area contributed by atoms with Crippen molar-refractivity contribution >= 4 is 16.8 Å². The fourth-order valence-electron chi connectivity index (χ4n) is 3.70. The Bertz CT molecular complexity index is 912. The number of fused-ring (bicyclic) bond motifs is 2. The molecule has 0 radical (unpaired) electrons. The maximum Gasteiger partial charge on any atom is -0.00517 e. The second kappa shape index (κ2) is 6.28. The number of rotatable bonds is 4. The lowest BCUT2D eigenvalue weighted by Gasteiger charge is -2.11. The van der Waals surface area contributed by atoms with Gasteiger partial charge in [0.15, 0.2) is 0 Å². The van der Waals surface area contributed by atoms with Crippen molar-refractivity contribution in [1.82, 2.24) is 0 Å². The second-order valence-corrected chi connectivity index (χ2v) is 7.35. The minimum absolute atomic E-state index is 0.773. The molecule has 0 atom stereocenters. The smallest absolute Gasteiger partial charge is 0.00517 e. The third-order valence-electron chi connectivity index (χ3n) is 5.08. The molecule has 0 bridgehead atoms. The molecule has 0 N–H and O–H groups in total. The topological polar surface area (TPSA) is 0 Å². The van der Waals surface area contributed by atoms with Crippen molar-refractivity contribution in [3.8, 4) is 11.1 Å². The molecule has 1 aliphatic carbocycles. The van der Waals surface area contributed by atoms with Crippen molar-refractivity contribution in [2.75, 3.05) is 0 Å². The van der Waals surface area contributed by atoms with Gasteiger partial charge in [-0.2, -0.15) is 0 Å². The van der Waals surface area contributed by atoms with Crippen molar-refractivity contribution in [2.45, 2.75) is 33.1 Å². The van der Waals surface area contributed by atoms with Crippen LogP contribution < -0.4 is 0 Å². The summed E-state index contributed by atoms with van der Waals surface area (Å²) in [6.45, 7) is 4.62. The Morgan fingerprint density at radius 2 is 1.71 bits per heavy atom. The molecule has 0 saturated carbocycles. The SMILES string of the molecule is CC(C)CCC1=Cc2cccc(-c3ccc4ccccc4c3)c2C1. The summed E-state index contributed by atoms with van der Waals surface area (Å²) in [5.41, 5.74) is 7.25. The lowest BCUT2D eigenvalue weighted by Crippen LogP contribution is -1.93. The summed E-state index contributed by atoms with van der Waals surface area (Å²) in [7, 11) is 0. The summed E-state index contributed by atoms with van der Waals surface area (Å²) in [4.78, 5) is 0. The predicted molar refractivity (Wildman–Crippen MR) is 105 cm³/mol. The van der Waals surface area contributed by atoms with Gasteiger partial charge in [-0.25, -0.2) is 0 Å². The van der Waals surface area contributed by atoms with Crippen LogP contribution in [0, 0.1) is 5.92 Å². The number of hydrogen-bond acceptors (Lipinski definition) is 0. The summed E-state index contributed by atoms with van der Waals surface area (Å²) in [6, 6.07) is 22.2.